The van der Waals surface area contributed by atoms with Crippen molar-refractivity contribution >= 4 is 12.1 Å². The molecule has 0 radical (unpaired) electrons. The van der Waals surface area contributed by atoms with Crippen molar-refractivity contribution in [2.75, 3.05) is 6.61 Å². The number of amides is 1. The molecule has 0 unspecified atom stereocenters. The lowest BCUT2D eigenvalue weighted by molar-refractivity contribution is -0.121. The van der Waals surface area contributed by atoms with Crippen LogP contribution in [0.5, 0.6) is 5.75 Å². The van der Waals surface area contributed by atoms with E-state index < -0.39 is 0 Å². The third-order valence-electron chi connectivity index (χ3n) is 2.35. The Kier molecular flexibility index (Phi) is 6.64. The van der Waals surface area contributed by atoms with Crippen molar-refractivity contribution in [3.05, 3.63) is 29.8 Å². The number of nitrogens with zero attached hydrogens (tertiary/aromatic N) is 1. The summed E-state index contributed by atoms with van der Waals surface area (Å²) >= 11 is 0. The summed E-state index contributed by atoms with van der Waals surface area (Å²) in [5, 5.41) is 3.92. The molecule has 0 saturated heterocycles. The van der Waals surface area contributed by atoms with Crippen molar-refractivity contribution in [3.63, 3.8) is 0 Å². The first-order valence-corrected chi connectivity index (χ1v) is 6.66. The highest BCUT2D eigenvalue weighted by molar-refractivity contribution is 5.82. The van der Waals surface area contributed by atoms with E-state index >= 15 is 0 Å². The number of ether oxygens (including phenoxy) is 1. The van der Waals surface area contributed by atoms with Crippen LogP contribution in [0.2, 0.25) is 0 Å². The first kappa shape index (κ1) is 15.2. The Morgan fingerprint density at radius 3 is 2.63 bits per heavy atom. The van der Waals surface area contributed by atoms with E-state index in [1.807, 2.05) is 38.1 Å². The first-order chi connectivity index (χ1) is 9.11. The number of nitrogens with one attached hydrogen (secondary N) is 1. The van der Waals surface area contributed by atoms with E-state index in [0.717, 1.165) is 24.3 Å². The van der Waals surface area contributed by atoms with Crippen LogP contribution >= 0.6 is 0 Å². The van der Waals surface area contributed by atoms with Gasteiger partial charge in [0, 0.05) is 6.42 Å². The molecule has 104 valence electrons. The Bertz CT molecular complexity index is 411. The zero-order valence-electron chi connectivity index (χ0n) is 11.8. The molecule has 0 aliphatic rings. The summed E-state index contributed by atoms with van der Waals surface area (Å²) in [6.45, 7) is 6.79. The molecule has 0 aromatic heterocycles. The number of hydrazone groups is 1. The van der Waals surface area contributed by atoms with Gasteiger partial charge in [0.1, 0.15) is 5.75 Å². The molecule has 1 aromatic rings. The van der Waals surface area contributed by atoms with Gasteiger partial charge in [-0.05, 0) is 42.2 Å². The molecular weight excluding hydrogens is 240 g/mol. The normalized spacial score (nSPS) is 10.9. The summed E-state index contributed by atoms with van der Waals surface area (Å²) in [7, 11) is 0. The molecule has 0 heterocycles. The zero-order chi connectivity index (χ0) is 14.1. The smallest absolute Gasteiger partial charge is 0.240 e. The highest BCUT2D eigenvalue weighted by atomic mass is 16.5. The fourth-order valence-electron chi connectivity index (χ4n) is 1.47. The lowest BCUT2D eigenvalue weighted by Crippen LogP contribution is -2.19. The van der Waals surface area contributed by atoms with Crippen molar-refractivity contribution in [3.8, 4) is 5.75 Å². The van der Waals surface area contributed by atoms with E-state index in [2.05, 4.69) is 17.5 Å². The van der Waals surface area contributed by atoms with Crippen LogP contribution in [0.4, 0.5) is 0 Å². The number of carbonyl (C=O) groups excluding carboxylic acids is 1. The van der Waals surface area contributed by atoms with Gasteiger partial charge in [-0.3, -0.25) is 4.79 Å². The van der Waals surface area contributed by atoms with Crippen LogP contribution < -0.4 is 10.2 Å². The molecule has 1 aromatic carbocycles. The molecule has 4 nitrogen and oxygen atoms in total. The third-order valence-corrected chi connectivity index (χ3v) is 2.35. The molecule has 19 heavy (non-hydrogen) atoms. The van der Waals surface area contributed by atoms with Gasteiger partial charge in [-0.15, -0.1) is 0 Å². The van der Waals surface area contributed by atoms with Gasteiger partial charge < -0.3 is 4.74 Å². The van der Waals surface area contributed by atoms with E-state index in [0.29, 0.717) is 12.3 Å². The van der Waals surface area contributed by atoms with Gasteiger partial charge in [0.2, 0.25) is 5.91 Å². The van der Waals surface area contributed by atoms with Crippen molar-refractivity contribution in [2.24, 2.45) is 11.0 Å². The SMILES string of the molecule is CCCOc1ccc(C=NNC(=O)CC(C)C)cc1. The molecule has 0 saturated carbocycles. The van der Waals surface area contributed by atoms with Crippen LogP contribution in [-0.2, 0) is 4.79 Å². The Labute approximate surface area is 114 Å². The van der Waals surface area contributed by atoms with E-state index in [-0.39, 0.29) is 5.91 Å². The quantitative estimate of drug-likeness (QED) is 0.606. The van der Waals surface area contributed by atoms with Gasteiger partial charge >= 0.3 is 0 Å². The summed E-state index contributed by atoms with van der Waals surface area (Å²) in [6, 6.07) is 7.60. The lowest BCUT2D eigenvalue weighted by atomic mass is 10.1. The molecule has 0 atom stereocenters. The van der Waals surface area contributed by atoms with Crippen molar-refractivity contribution in [1.82, 2.24) is 5.43 Å². The minimum Gasteiger partial charge on any atom is -0.494 e. The standard InChI is InChI=1S/C15H22N2O2/c1-4-9-19-14-7-5-13(6-8-14)11-16-17-15(18)10-12(2)3/h5-8,11-12H,4,9-10H2,1-3H3,(H,17,18). The topological polar surface area (TPSA) is 50.7 Å². The number of rotatable bonds is 7. The summed E-state index contributed by atoms with van der Waals surface area (Å²) in [5.74, 6) is 1.13. The van der Waals surface area contributed by atoms with Crippen LogP contribution in [-0.4, -0.2) is 18.7 Å². The Morgan fingerprint density at radius 2 is 2.05 bits per heavy atom. The largest absolute Gasteiger partial charge is 0.494 e. The first-order valence-electron chi connectivity index (χ1n) is 6.66. The van der Waals surface area contributed by atoms with E-state index in [9.17, 15) is 4.79 Å². The second kappa shape index (κ2) is 8.29. The molecule has 0 aliphatic carbocycles. The van der Waals surface area contributed by atoms with Crippen molar-refractivity contribution in [2.45, 2.75) is 33.6 Å². The van der Waals surface area contributed by atoms with Crippen LogP contribution in [0.25, 0.3) is 0 Å². The maximum atomic E-state index is 11.4. The van der Waals surface area contributed by atoms with Gasteiger partial charge in [0.05, 0.1) is 12.8 Å². The summed E-state index contributed by atoms with van der Waals surface area (Å²) in [4.78, 5) is 11.4. The molecule has 0 bridgehead atoms. The molecule has 0 aliphatic heterocycles. The van der Waals surface area contributed by atoms with Gasteiger partial charge in [0.25, 0.3) is 0 Å². The third kappa shape index (κ3) is 6.60. The molecule has 0 spiro atoms. The van der Waals surface area contributed by atoms with Crippen LogP contribution in [0.15, 0.2) is 29.4 Å². The zero-order valence-corrected chi connectivity index (χ0v) is 11.8. The minimum atomic E-state index is -0.0610. The summed E-state index contributed by atoms with van der Waals surface area (Å²) in [6.07, 6.45) is 3.11. The number of benzene rings is 1. The fourth-order valence-corrected chi connectivity index (χ4v) is 1.47. The van der Waals surface area contributed by atoms with Gasteiger partial charge in [-0.25, -0.2) is 5.43 Å². The lowest BCUT2D eigenvalue weighted by Gasteiger charge is -2.04. The molecule has 0 fully saturated rings. The van der Waals surface area contributed by atoms with Gasteiger partial charge in [-0.1, -0.05) is 20.8 Å². The van der Waals surface area contributed by atoms with Crippen molar-refractivity contribution in [1.29, 1.82) is 0 Å². The second-order valence-electron chi connectivity index (χ2n) is 4.81. The predicted octanol–water partition coefficient (Wildman–Crippen LogP) is 2.97. The number of hydrogen-bond donors (Lipinski definition) is 1. The number of carbonyl (C=O) groups is 1. The Morgan fingerprint density at radius 1 is 1.37 bits per heavy atom. The molecule has 1 amide bonds. The average molecular weight is 262 g/mol. The maximum Gasteiger partial charge on any atom is 0.240 e. The van der Waals surface area contributed by atoms with Crippen LogP contribution in [0, 0.1) is 5.92 Å². The number of hydrogen-bond acceptors (Lipinski definition) is 3. The summed E-state index contributed by atoms with van der Waals surface area (Å²) < 4.78 is 5.48. The Balaban J connectivity index is 2.42. The average Bonchev–Trinajstić information content (AvgIpc) is 2.37. The predicted molar refractivity (Wildman–Crippen MR) is 77.4 cm³/mol. The molecule has 4 heteroatoms. The van der Waals surface area contributed by atoms with Crippen molar-refractivity contribution < 1.29 is 9.53 Å². The second-order valence-corrected chi connectivity index (χ2v) is 4.81. The molecular formula is C15H22N2O2. The fraction of sp³-hybridized carbons (Fsp3) is 0.467. The van der Waals surface area contributed by atoms with E-state index in [4.69, 9.17) is 4.74 Å². The molecule has 1 rings (SSSR count). The minimum absolute atomic E-state index is 0.0610. The monoisotopic (exact) mass is 262 g/mol. The van der Waals surface area contributed by atoms with Gasteiger partial charge in [0.15, 0.2) is 0 Å². The summed E-state index contributed by atoms with van der Waals surface area (Å²) in [5.41, 5.74) is 3.44. The molecule has 1 N–H and O–H groups in total. The van der Waals surface area contributed by atoms with Crippen LogP contribution in [0.1, 0.15) is 39.2 Å². The Hall–Kier alpha value is -1.84. The maximum absolute atomic E-state index is 11.4. The van der Waals surface area contributed by atoms with Crippen LogP contribution in [0.3, 0.4) is 0 Å². The highest BCUT2D eigenvalue weighted by Gasteiger charge is 2.02. The van der Waals surface area contributed by atoms with Gasteiger partial charge in [-0.2, -0.15) is 5.10 Å². The van der Waals surface area contributed by atoms with E-state index in [1.54, 1.807) is 6.21 Å². The highest BCUT2D eigenvalue weighted by Crippen LogP contribution is 2.11. The van der Waals surface area contributed by atoms with E-state index in [1.165, 1.54) is 0 Å².